The molecule has 128 valence electrons. The minimum atomic E-state index is -3.08. The normalized spacial score (nSPS) is 31.7. The first-order valence-electron chi connectivity index (χ1n) is 8.30. The number of carbonyl (C=O) groups is 1. The topological polar surface area (TPSA) is 75.3 Å². The first-order valence-corrected chi connectivity index (χ1v) is 10.0. The Labute approximate surface area is 139 Å². The summed E-state index contributed by atoms with van der Waals surface area (Å²) in [6.07, 6.45) is 8.07. The van der Waals surface area contributed by atoms with E-state index in [2.05, 4.69) is 10.6 Å². The second-order valence-electron chi connectivity index (χ2n) is 6.90. The van der Waals surface area contributed by atoms with E-state index in [0.29, 0.717) is 12.1 Å². The maximum absolute atomic E-state index is 12.2. The average molecular weight is 351 g/mol. The zero-order chi connectivity index (χ0) is 14.9. The molecule has 3 fully saturated rings. The van der Waals surface area contributed by atoms with Gasteiger partial charge in [0.05, 0.1) is 11.0 Å². The molecule has 0 aromatic carbocycles. The number of amides is 1. The molecule has 1 aliphatic carbocycles. The molecule has 0 spiro atoms. The Bertz CT molecular complexity index is 479. The van der Waals surface area contributed by atoms with Gasteiger partial charge in [0, 0.05) is 24.5 Å². The number of sulfone groups is 1. The summed E-state index contributed by atoms with van der Waals surface area (Å²) in [5.41, 5.74) is 0. The van der Waals surface area contributed by atoms with E-state index in [9.17, 15) is 13.2 Å². The number of nitrogens with one attached hydrogen (secondary N) is 2. The van der Waals surface area contributed by atoms with Gasteiger partial charge in [-0.1, -0.05) is 12.8 Å². The molecule has 5 nitrogen and oxygen atoms in total. The van der Waals surface area contributed by atoms with Crippen molar-refractivity contribution in [3.8, 4) is 0 Å². The van der Waals surface area contributed by atoms with Crippen molar-refractivity contribution >= 4 is 28.2 Å². The van der Waals surface area contributed by atoms with Crippen molar-refractivity contribution in [3.05, 3.63) is 0 Å². The summed E-state index contributed by atoms with van der Waals surface area (Å²) in [7, 11) is -3.08. The molecule has 1 amide bonds. The van der Waals surface area contributed by atoms with E-state index in [0.717, 1.165) is 38.5 Å². The number of rotatable bonds is 5. The molecule has 2 atom stereocenters. The monoisotopic (exact) mass is 350 g/mol. The molecule has 0 aromatic rings. The maximum Gasteiger partial charge on any atom is 0.221 e. The predicted octanol–water partition coefficient (Wildman–Crippen LogP) is 1.55. The highest BCUT2D eigenvalue weighted by molar-refractivity contribution is 7.92. The van der Waals surface area contributed by atoms with Gasteiger partial charge in [-0.25, -0.2) is 8.42 Å². The molecule has 7 heteroatoms. The fourth-order valence-electron chi connectivity index (χ4n) is 4.12. The van der Waals surface area contributed by atoms with Crippen molar-refractivity contribution in [1.29, 1.82) is 0 Å². The average Bonchev–Trinajstić information content (AvgIpc) is 3.07. The van der Waals surface area contributed by atoms with Gasteiger partial charge in [0.15, 0.2) is 9.84 Å². The number of halogens is 1. The lowest BCUT2D eigenvalue weighted by Gasteiger charge is -2.29. The molecule has 2 N–H and O–H groups in total. The first kappa shape index (κ1) is 18.0. The SMILES string of the molecule is Cl.O=C(CCS(=O)(=O)C1CCCC1)NC1CC2CCC(C1)N2. The quantitative estimate of drug-likeness (QED) is 0.789. The highest BCUT2D eigenvalue weighted by Crippen LogP contribution is 2.27. The Kier molecular flexibility index (Phi) is 6.14. The minimum absolute atomic E-state index is 0. The second-order valence-corrected chi connectivity index (χ2v) is 9.30. The summed E-state index contributed by atoms with van der Waals surface area (Å²) < 4.78 is 24.3. The highest BCUT2D eigenvalue weighted by Gasteiger charge is 2.34. The van der Waals surface area contributed by atoms with Crippen LogP contribution >= 0.6 is 12.4 Å². The van der Waals surface area contributed by atoms with E-state index in [-0.39, 0.29) is 41.8 Å². The molecule has 3 aliphatic rings. The summed E-state index contributed by atoms with van der Waals surface area (Å²) in [6.45, 7) is 0. The Morgan fingerprint density at radius 1 is 1.05 bits per heavy atom. The lowest BCUT2D eigenvalue weighted by molar-refractivity contribution is -0.121. The Hall–Kier alpha value is -0.330. The zero-order valence-corrected chi connectivity index (χ0v) is 14.6. The van der Waals surface area contributed by atoms with Crippen molar-refractivity contribution in [2.45, 2.75) is 81.2 Å². The molecule has 2 saturated heterocycles. The van der Waals surface area contributed by atoms with Crippen LogP contribution < -0.4 is 10.6 Å². The Morgan fingerprint density at radius 3 is 2.23 bits per heavy atom. The summed E-state index contributed by atoms with van der Waals surface area (Å²) in [5.74, 6) is -0.0794. The van der Waals surface area contributed by atoms with Crippen LogP contribution in [-0.2, 0) is 14.6 Å². The van der Waals surface area contributed by atoms with E-state index < -0.39 is 9.84 Å². The smallest absolute Gasteiger partial charge is 0.221 e. The zero-order valence-electron chi connectivity index (χ0n) is 12.9. The van der Waals surface area contributed by atoms with Crippen LogP contribution in [0.25, 0.3) is 0 Å². The van der Waals surface area contributed by atoms with Crippen LogP contribution in [0.3, 0.4) is 0 Å². The summed E-state index contributed by atoms with van der Waals surface area (Å²) in [5, 5.41) is 6.38. The van der Waals surface area contributed by atoms with Crippen molar-refractivity contribution in [1.82, 2.24) is 10.6 Å². The van der Waals surface area contributed by atoms with E-state index in [4.69, 9.17) is 0 Å². The number of hydrogen-bond donors (Lipinski definition) is 2. The fraction of sp³-hybridized carbons (Fsp3) is 0.933. The number of fused-ring (bicyclic) bond motifs is 2. The number of piperidine rings is 1. The van der Waals surface area contributed by atoms with Gasteiger partial charge in [0.2, 0.25) is 5.91 Å². The molecule has 2 aliphatic heterocycles. The van der Waals surface area contributed by atoms with Gasteiger partial charge >= 0.3 is 0 Å². The van der Waals surface area contributed by atoms with Gasteiger partial charge < -0.3 is 10.6 Å². The largest absolute Gasteiger partial charge is 0.353 e. The third-order valence-corrected chi connectivity index (χ3v) is 7.52. The minimum Gasteiger partial charge on any atom is -0.353 e. The third-order valence-electron chi connectivity index (χ3n) is 5.26. The van der Waals surface area contributed by atoms with Gasteiger partial charge in [-0.05, 0) is 38.5 Å². The molecule has 0 radical (unpaired) electrons. The van der Waals surface area contributed by atoms with Crippen LogP contribution in [0.2, 0.25) is 0 Å². The molecular formula is C15H27ClN2O3S. The Balaban J connectivity index is 0.00000176. The molecule has 0 aromatic heterocycles. The molecule has 2 heterocycles. The van der Waals surface area contributed by atoms with Crippen molar-refractivity contribution in [3.63, 3.8) is 0 Å². The van der Waals surface area contributed by atoms with Gasteiger partial charge in [-0.3, -0.25) is 4.79 Å². The van der Waals surface area contributed by atoms with Crippen LogP contribution in [0.4, 0.5) is 0 Å². The highest BCUT2D eigenvalue weighted by atomic mass is 35.5. The third kappa shape index (κ3) is 4.36. The van der Waals surface area contributed by atoms with Crippen LogP contribution in [-0.4, -0.2) is 43.5 Å². The van der Waals surface area contributed by atoms with E-state index in [1.807, 2.05) is 0 Å². The lowest BCUT2D eigenvalue weighted by Crippen LogP contribution is -2.48. The molecule has 1 saturated carbocycles. The van der Waals surface area contributed by atoms with Crippen LogP contribution in [0.15, 0.2) is 0 Å². The fourth-order valence-corrected chi connectivity index (χ4v) is 5.98. The van der Waals surface area contributed by atoms with Gasteiger partial charge in [0.25, 0.3) is 0 Å². The van der Waals surface area contributed by atoms with E-state index in [1.54, 1.807) is 0 Å². The summed E-state index contributed by atoms with van der Waals surface area (Å²) in [6, 6.07) is 1.30. The molecule has 2 unspecified atom stereocenters. The second kappa shape index (κ2) is 7.49. The predicted molar refractivity (Wildman–Crippen MR) is 89.0 cm³/mol. The lowest BCUT2D eigenvalue weighted by atomic mass is 10.00. The number of hydrogen-bond acceptors (Lipinski definition) is 4. The van der Waals surface area contributed by atoms with Crippen molar-refractivity contribution in [2.24, 2.45) is 0 Å². The molecule has 2 bridgehead atoms. The van der Waals surface area contributed by atoms with Gasteiger partial charge in [-0.2, -0.15) is 0 Å². The van der Waals surface area contributed by atoms with Crippen LogP contribution in [0, 0.1) is 0 Å². The van der Waals surface area contributed by atoms with E-state index in [1.165, 1.54) is 12.8 Å². The molecule has 3 rings (SSSR count). The van der Waals surface area contributed by atoms with E-state index >= 15 is 0 Å². The first-order chi connectivity index (χ1) is 10.0. The van der Waals surface area contributed by atoms with Crippen molar-refractivity contribution < 1.29 is 13.2 Å². The molecule has 22 heavy (non-hydrogen) atoms. The summed E-state index contributed by atoms with van der Waals surface area (Å²) in [4.78, 5) is 12.0. The maximum atomic E-state index is 12.2. The summed E-state index contributed by atoms with van der Waals surface area (Å²) >= 11 is 0. The van der Waals surface area contributed by atoms with Crippen LogP contribution in [0.1, 0.15) is 57.8 Å². The Morgan fingerprint density at radius 2 is 1.64 bits per heavy atom. The van der Waals surface area contributed by atoms with Crippen LogP contribution in [0.5, 0.6) is 0 Å². The standard InChI is InChI=1S/C15H26N2O3S.ClH/c18-15(7-8-21(19,20)14-3-1-2-4-14)17-13-9-11-5-6-12(10-13)16-11;/h11-14,16H,1-10H2,(H,17,18);1H. The number of carbonyl (C=O) groups excluding carboxylic acids is 1. The van der Waals surface area contributed by atoms with Gasteiger partial charge in [0.1, 0.15) is 0 Å². The van der Waals surface area contributed by atoms with Gasteiger partial charge in [-0.15, -0.1) is 12.4 Å². The molecular weight excluding hydrogens is 324 g/mol. The van der Waals surface area contributed by atoms with Crippen molar-refractivity contribution in [2.75, 3.05) is 5.75 Å².